The number of ether oxygens (including phenoxy) is 1. The van der Waals surface area contributed by atoms with Gasteiger partial charge in [0.05, 0.1) is 13.2 Å². The van der Waals surface area contributed by atoms with E-state index >= 15 is 0 Å². The van der Waals surface area contributed by atoms with Gasteiger partial charge < -0.3 is 24.8 Å². The van der Waals surface area contributed by atoms with Crippen molar-refractivity contribution in [3.63, 3.8) is 0 Å². The van der Waals surface area contributed by atoms with Gasteiger partial charge in [0.25, 0.3) is 0 Å². The minimum atomic E-state index is -0.236. The number of piperazine rings is 1. The number of rotatable bonds is 5. The molecule has 27 heavy (non-hydrogen) atoms. The predicted octanol–water partition coefficient (Wildman–Crippen LogP) is 2.01. The Balaban J connectivity index is 0.00000364. The highest BCUT2D eigenvalue weighted by atomic mass is 127. The van der Waals surface area contributed by atoms with E-state index in [1.54, 1.807) is 11.1 Å². The van der Waals surface area contributed by atoms with Crippen LogP contribution >= 0.6 is 24.0 Å². The summed E-state index contributed by atoms with van der Waals surface area (Å²) in [5, 5.41) is 3.35. The molecule has 1 aromatic rings. The van der Waals surface area contributed by atoms with Crippen molar-refractivity contribution in [3.05, 3.63) is 23.9 Å². The summed E-state index contributed by atoms with van der Waals surface area (Å²) < 4.78 is 5.08. The second-order valence-corrected chi connectivity index (χ2v) is 6.22. The van der Waals surface area contributed by atoms with Crippen LogP contribution in [-0.2, 0) is 11.3 Å². The number of hydrogen-bond donors (Lipinski definition) is 1. The zero-order chi connectivity index (χ0) is 18.9. The monoisotopic (exact) mass is 490 g/mol. The number of carbonyl (C=O) groups is 1. The lowest BCUT2D eigenvalue weighted by Crippen LogP contribution is -2.53. The topological polar surface area (TPSA) is 73.3 Å². The maximum atomic E-state index is 11.8. The molecule has 0 saturated carbocycles. The van der Waals surface area contributed by atoms with E-state index in [4.69, 9.17) is 9.73 Å². The number of guanidine groups is 1. The number of aromatic nitrogens is 1. The summed E-state index contributed by atoms with van der Waals surface area (Å²) in [6.45, 7) is 8.38. The fourth-order valence-electron chi connectivity index (χ4n) is 2.86. The fourth-order valence-corrected chi connectivity index (χ4v) is 2.86. The zero-order valence-electron chi connectivity index (χ0n) is 16.6. The van der Waals surface area contributed by atoms with Crippen molar-refractivity contribution >= 4 is 41.8 Å². The van der Waals surface area contributed by atoms with Gasteiger partial charge in [0, 0.05) is 58.6 Å². The lowest BCUT2D eigenvalue weighted by molar-refractivity contribution is 0.0914. The summed E-state index contributed by atoms with van der Waals surface area (Å²) in [5.41, 5.74) is 1.08. The van der Waals surface area contributed by atoms with Crippen LogP contribution in [0, 0.1) is 0 Å². The molecule has 2 heterocycles. The molecule has 2 rings (SSSR count). The van der Waals surface area contributed by atoms with Gasteiger partial charge in [-0.2, -0.15) is 0 Å². The third-order valence-corrected chi connectivity index (χ3v) is 4.13. The first-order valence-corrected chi connectivity index (χ1v) is 9.13. The van der Waals surface area contributed by atoms with Gasteiger partial charge in [-0.15, -0.1) is 24.0 Å². The summed E-state index contributed by atoms with van der Waals surface area (Å²) in [6.07, 6.45) is 1.56. The van der Waals surface area contributed by atoms with E-state index in [0.717, 1.165) is 37.0 Å². The van der Waals surface area contributed by atoms with Crippen molar-refractivity contribution in [2.24, 2.45) is 4.99 Å². The maximum absolute atomic E-state index is 11.8. The van der Waals surface area contributed by atoms with Crippen molar-refractivity contribution in [2.75, 3.05) is 58.3 Å². The van der Waals surface area contributed by atoms with Crippen molar-refractivity contribution in [2.45, 2.75) is 20.4 Å². The van der Waals surface area contributed by atoms with Gasteiger partial charge in [-0.1, -0.05) is 6.07 Å². The lowest BCUT2D eigenvalue weighted by atomic mass is 10.2. The number of halogens is 1. The molecule has 1 aromatic heterocycles. The second-order valence-electron chi connectivity index (χ2n) is 6.22. The highest BCUT2D eigenvalue weighted by Crippen LogP contribution is 2.15. The van der Waals surface area contributed by atoms with Gasteiger partial charge in [0.2, 0.25) is 0 Å². The Morgan fingerprint density at radius 1 is 1.26 bits per heavy atom. The first-order chi connectivity index (χ1) is 12.6. The molecule has 1 saturated heterocycles. The first kappa shape index (κ1) is 23.3. The van der Waals surface area contributed by atoms with Crippen LogP contribution in [0.25, 0.3) is 0 Å². The molecule has 0 unspecified atom stereocenters. The molecule has 1 amide bonds. The number of pyridine rings is 1. The number of carbonyl (C=O) groups excluding carboxylic acids is 1. The average Bonchev–Trinajstić information content (AvgIpc) is 2.65. The Kier molecular flexibility index (Phi) is 10.2. The summed E-state index contributed by atoms with van der Waals surface area (Å²) in [4.78, 5) is 27.0. The molecule has 8 nitrogen and oxygen atoms in total. The molecule has 0 radical (unpaired) electrons. The summed E-state index contributed by atoms with van der Waals surface area (Å²) in [7, 11) is 3.96. The molecule has 0 spiro atoms. The summed E-state index contributed by atoms with van der Waals surface area (Å²) in [5.74, 6) is 1.80. The lowest BCUT2D eigenvalue weighted by Gasteiger charge is -2.36. The zero-order valence-corrected chi connectivity index (χ0v) is 19.0. The molecule has 0 aliphatic carbocycles. The standard InChI is InChI=1S/C18H30N6O2.HI/c1-5-19-17(21-14-15-8-7-9-20-16(15)22(3)4)23-10-12-24(13-11-23)18(25)26-6-2;/h7-9H,5-6,10-14H2,1-4H3,(H,19,21);1H. The number of aliphatic imine (C=N–C) groups is 1. The van der Waals surface area contributed by atoms with Gasteiger partial charge >= 0.3 is 6.09 Å². The van der Waals surface area contributed by atoms with Crippen molar-refractivity contribution in [1.82, 2.24) is 20.1 Å². The number of nitrogens with zero attached hydrogens (tertiary/aromatic N) is 5. The molecule has 0 aromatic carbocycles. The first-order valence-electron chi connectivity index (χ1n) is 9.13. The van der Waals surface area contributed by atoms with E-state index in [2.05, 4.69) is 22.1 Å². The molecule has 1 N–H and O–H groups in total. The van der Waals surface area contributed by atoms with Crippen LogP contribution in [0.4, 0.5) is 10.6 Å². The minimum absolute atomic E-state index is 0. The van der Waals surface area contributed by atoms with Gasteiger partial charge in [0.15, 0.2) is 5.96 Å². The van der Waals surface area contributed by atoms with Gasteiger partial charge in [-0.25, -0.2) is 14.8 Å². The van der Waals surface area contributed by atoms with Crippen molar-refractivity contribution < 1.29 is 9.53 Å². The van der Waals surface area contributed by atoms with Gasteiger partial charge in [0.1, 0.15) is 5.82 Å². The van der Waals surface area contributed by atoms with E-state index < -0.39 is 0 Å². The Morgan fingerprint density at radius 3 is 2.52 bits per heavy atom. The van der Waals surface area contributed by atoms with Crippen LogP contribution in [-0.4, -0.2) is 80.3 Å². The molecular formula is C18H31IN6O2. The minimum Gasteiger partial charge on any atom is -0.450 e. The van der Waals surface area contributed by atoms with E-state index in [1.807, 2.05) is 38.1 Å². The number of anilines is 1. The molecule has 0 atom stereocenters. The van der Waals surface area contributed by atoms with E-state index in [9.17, 15) is 4.79 Å². The van der Waals surface area contributed by atoms with Crippen LogP contribution in [0.15, 0.2) is 23.3 Å². The summed E-state index contributed by atoms with van der Waals surface area (Å²) >= 11 is 0. The van der Waals surface area contributed by atoms with Crippen molar-refractivity contribution in [1.29, 1.82) is 0 Å². The van der Waals surface area contributed by atoms with Crippen LogP contribution in [0.5, 0.6) is 0 Å². The number of nitrogens with one attached hydrogen (secondary N) is 1. The Morgan fingerprint density at radius 2 is 1.93 bits per heavy atom. The van der Waals surface area contributed by atoms with Crippen LogP contribution < -0.4 is 10.2 Å². The van der Waals surface area contributed by atoms with Crippen molar-refractivity contribution in [3.8, 4) is 0 Å². The maximum Gasteiger partial charge on any atom is 0.409 e. The van der Waals surface area contributed by atoms with Crippen LogP contribution in [0.1, 0.15) is 19.4 Å². The van der Waals surface area contributed by atoms with E-state index in [-0.39, 0.29) is 30.1 Å². The van der Waals surface area contributed by atoms with Gasteiger partial charge in [-0.05, 0) is 19.9 Å². The molecule has 9 heteroatoms. The molecule has 1 aliphatic rings. The predicted molar refractivity (Wildman–Crippen MR) is 119 cm³/mol. The Bertz CT molecular complexity index is 618. The molecule has 152 valence electrons. The molecule has 0 bridgehead atoms. The molecule has 1 fully saturated rings. The molecular weight excluding hydrogens is 459 g/mol. The fraction of sp³-hybridized carbons (Fsp3) is 0.611. The molecule has 1 aliphatic heterocycles. The number of amides is 1. The largest absolute Gasteiger partial charge is 0.450 e. The highest BCUT2D eigenvalue weighted by Gasteiger charge is 2.23. The third kappa shape index (κ3) is 6.71. The average molecular weight is 490 g/mol. The second kappa shape index (κ2) is 11.8. The normalized spacial score (nSPS) is 14.4. The van der Waals surface area contributed by atoms with Crippen LogP contribution in [0.2, 0.25) is 0 Å². The number of hydrogen-bond acceptors (Lipinski definition) is 5. The van der Waals surface area contributed by atoms with E-state index in [0.29, 0.717) is 26.2 Å². The highest BCUT2D eigenvalue weighted by molar-refractivity contribution is 14.0. The Labute approximate surface area is 179 Å². The SMILES string of the molecule is CCNC(=NCc1cccnc1N(C)C)N1CCN(C(=O)OCC)CC1.I. The van der Waals surface area contributed by atoms with E-state index in [1.165, 1.54) is 0 Å². The van der Waals surface area contributed by atoms with Crippen LogP contribution in [0.3, 0.4) is 0 Å². The smallest absolute Gasteiger partial charge is 0.409 e. The third-order valence-electron chi connectivity index (χ3n) is 4.13. The van der Waals surface area contributed by atoms with Gasteiger partial charge in [-0.3, -0.25) is 0 Å². The summed E-state index contributed by atoms with van der Waals surface area (Å²) in [6, 6.07) is 3.98. The Hall–Kier alpha value is -1.78. The quantitative estimate of drug-likeness (QED) is 0.387.